The number of aromatic nitrogens is 1. The minimum Gasteiger partial charge on any atom is -0.494 e. The van der Waals surface area contributed by atoms with Gasteiger partial charge in [-0.3, -0.25) is 0 Å². The van der Waals surface area contributed by atoms with Crippen LogP contribution in [0, 0.1) is 13.8 Å². The van der Waals surface area contributed by atoms with Crippen molar-refractivity contribution >= 4 is 11.9 Å². The van der Waals surface area contributed by atoms with Crippen LogP contribution in [-0.2, 0) is 9.47 Å². The number of rotatable bonds is 9. The number of nitrogens with one attached hydrogen (secondary N) is 1. The van der Waals surface area contributed by atoms with E-state index in [1.54, 1.807) is 32.9 Å². The number of aryl methyl sites for hydroxylation is 1. The highest BCUT2D eigenvalue weighted by Crippen LogP contribution is 2.20. The summed E-state index contributed by atoms with van der Waals surface area (Å²) in [5.41, 5.74) is 1.70. The fourth-order valence-corrected chi connectivity index (χ4v) is 2.63. The van der Waals surface area contributed by atoms with Gasteiger partial charge < -0.3 is 23.9 Å². The first kappa shape index (κ1) is 20.4. The summed E-state index contributed by atoms with van der Waals surface area (Å²) in [6.45, 7) is 8.21. The molecule has 0 spiro atoms. The normalized spacial score (nSPS) is 10.4. The molecule has 0 aliphatic heterocycles. The molecule has 1 aromatic heterocycles. The van der Waals surface area contributed by atoms with Crippen molar-refractivity contribution in [1.29, 1.82) is 0 Å². The second-order valence-electron chi connectivity index (χ2n) is 5.73. The van der Waals surface area contributed by atoms with Crippen molar-refractivity contribution in [3.05, 3.63) is 46.8 Å². The standard InChI is InChI=1S/C20H25NO6/c1-5-24-15-7-9-16(10-8-15)26-11-12-27-19(22)17-13(3)18(21-14(17)4)20(23)25-6-2/h7-10,21H,5-6,11-12H2,1-4H3. The average molecular weight is 375 g/mol. The van der Waals surface area contributed by atoms with E-state index in [9.17, 15) is 9.59 Å². The summed E-state index contributed by atoms with van der Waals surface area (Å²) in [6.07, 6.45) is 0. The van der Waals surface area contributed by atoms with Gasteiger partial charge in [-0.1, -0.05) is 0 Å². The summed E-state index contributed by atoms with van der Waals surface area (Å²) in [5, 5.41) is 0. The lowest BCUT2D eigenvalue weighted by atomic mass is 10.1. The van der Waals surface area contributed by atoms with Crippen LogP contribution in [0.15, 0.2) is 24.3 Å². The molecule has 146 valence electrons. The zero-order valence-corrected chi connectivity index (χ0v) is 16.1. The molecule has 2 rings (SSSR count). The molecular formula is C20H25NO6. The molecule has 7 heteroatoms. The maximum atomic E-state index is 12.3. The molecule has 0 atom stereocenters. The molecule has 7 nitrogen and oxygen atoms in total. The highest BCUT2D eigenvalue weighted by molar-refractivity contribution is 5.98. The molecule has 1 N–H and O–H groups in total. The Labute approximate surface area is 158 Å². The van der Waals surface area contributed by atoms with E-state index in [0.29, 0.717) is 29.2 Å². The fourth-order valence-electron chi connectivity index (χ4n) is 2.63. The Hall–Kier alpha value is -2.96. The lowest BCUT2D eigenvalue weighted by Crippen LogP contribution is -2.14. The Kier molecular flexibility index (Phi) is 7.28. The quantitative estimate of drug-likeness (QED) is 0.534. The van der Waals surface area contributed by atoms with Gasteiger partial charge in [-0.25, -0.2) is 9.59 Å². The molecule has 0 amide bonds. The highest BCUT2D eigenvalue weighted by Gasteiger charge is 2.23. The van der Waals surface area contributed by atoms with Gasteiger partial charge in [-0.05, 0) is 57.5 Å². The first-order valence-corrected chi connectivity index (χ1v) is 8.87. The van der Waals surface area contributed by atoms with Crippen LogP contribution in [0.5, 0.6) is 11.5 Å². The molecule has 0 bridgehead atoms. The molecule has 0 saturated carbocycles. The van der Waals surface area contributed by atoms with Crippen molar-refractivity contribution in [2.75, 3.05) is 26.4 Å². The van der Waals surface area contributed by atoms with E-state index >= 15 is 0 Å². The van der Waals surface area contributed by atoms with Crippen molar-refractivity contribution in [2.24, 2.45) is 0 Å². The van der Waals surface area contributed by atoms with Gasteiger partial charge in [0, 0.05) is 5.69 Å². The number of benzene rings is 1. The molecule has 0 aliphatic carbocycles. The third-order valence-electron chi connectivity index (χ3n) is 3.84. The Balaban J connectivity index is 1.88. The Morgan fingerprint density at radius 2 is 1.48 bits per heavy atom. The van der Waals surface area contributed by atoms with Gasteiger partial charge in [0.2, 0.25) is 0 Å². The van der Waals surface area contributed by atoms with Crippen molar-refractivity contribution in [3.8, 4) is 11.5 Å². The van der Waals surface area contributed by atoms with E-state index in [0.717, 1.165) is 5.75 Å². The zero-order chi connectivity index (χ0) is 19.8. The molecule has 0 saturated heterocycles. The lowest BCUT2D eigenvalue weighted by molar-refractivity contribution is 0.0449. The second-order valence-corrected chi connectivity index (χ2v) is 5.73. The third kappa shape index (κ3) is 5.26. The van der Waals surface area contributed by atoms with Crippen LogP contribution in [0.2, 0.25) is 0 Å². The maximum Gasteiger partial charge on any atom is 0.355 e. The zero-order valence-electron chi connectivity index (χ0n) is 16.1. The van der Waals surface area contributed by atoms with E-state index in [1.165, 1.54) is 0 Å². The third-order valence-corrected chi connectivity index (χ3v) is 3.84. The van der Waals surface area contributed by atoms with E-state index in [1.807, 2.05) is 19.1 Å². The minimum absolute atomic E-state index is 0.0881. The molecular weight excluding hydrogens is 350 g/mol. The predicted molar refractivity (Wildman–Crippen MR) is 99.6 cm³/mol. The van der Waals surface area contributed by atoms with Crippen LogP contribution < -0.4 is 9.47 Å². The van der Waals surface area contributed by atoms with E-state index in [2.05, 4.69) is 4.98 Å². The molecule has 0 unspecified atom stereocenters. The SMILES string of the molecule is CCOC(=O)c1[nH]c(C)c(C(=O)OCCOc2ccc(OCC)cc2)c1C. The van der Waals surface area contributed by atoms with Gasteiger partial charge in [0.25, 0.3) is 0 Å². The number of ether oxygens (including phenoxy) is 4. The number of hydrogen-bond acceptors (Lipinski definition) is 6. The Morgan fingerprint density at radius 3 is 2.07 bits per heavy atom. The van der Waals surface area contributed by atoms with Crippen LogP contribution >= 0.6 is 0 Å². The van der Waals surface area contributed by atoms with Crippen molar-refractivity contribution < 1.29 is 28.5 Å². The minimum atomic E-state index is -0.507. The van der Waals surface area contributed by atoms with Crippen LogP contribution in [0.25, 0.3) is 0 Å². The number of carbonyl (C=O) groups excluding carboxylic acids is 2. The summed E-state index contributed by atoms with van der Waals surface area (Å²) >= 11 is 0. The number of H-pyrrole nitrogens is 1. The first-order valence-electron chi connectivity index (χ1n) is 8.87. The summed E-state index contributed by atoms with van der Waals surface area (Å²) in [6, 6.07) is 7.21. The number of aromatic amines is 1. The van der Waals surface area contributed by atoms with Crippen LogP contribution in [0.1, 0.15) is 46.0 Å². The predicted octanol–water partition coefficient (Wildman–Crippen LogP) is 3.44. The average Bonchev–Trinajstić information content (AvgIpc) is 2.95. The molecule has 2 aromatic rings. The Morgan fingerprint density at radius 1 is 0.852 bits per heavy atom. The van der Waals surface area contributed by atoms with Gasteiger partial charge in [0.1, 0.15) is 30.4 Å². The fraction of sp³-hybridized carbons (Fsp3) is 0.400. The van der Waals surface area contributed by atoms with Crippen LogP contribution in [0.3, 0.4) is 0 Å². The van der Waals surface area contributed by atoms with Crippen LogP contribution in [0.4, 0.5) is 0 Å². The summed E-state index contributed by atoms with van der Waals surface area (Å²) in [7, 11) is 0. The second kappa shape index (κ2) is 9.66. The molecule has 1 aromatic carbocycles. The van der Waals surface area contributed by atoms with E-state index in [-0.39, 0.29) is 25.5 Å². The number of hydrogen-bond donors (Lipinski definition) is 1. The van der Waals surface area contributed by atoms with E-state index in [4.69, 9.17) is 18.9 Å². The monoisotopic (exact) mass is 375 g/mol. The number of carbonyl (C=O) groups is 2. The topological polar surface area (TPSA) is 86.9 Å². The van der Waals surface area contributed by atoms with Crippen molar-refractivity contribution in [2.45, 2.75) is 27.7 Å². The molecule has 0 fully saturated rings. The summed E-state index contributed by atoms with van der Waals surface area (Å²) in [5.74, 6) is 0.434. The van der Waals surface area contributed by atoms with Crippen molar-refractivity contribution in [3.63, 3.8) is 0 Å². The first-order chi connectivity index (χ1) is 13.0. The summed E-state index contributed by atoms with van der Waals surface area (Å²) in [4.78, 5) is 27.1. The van der Waals surface area contributed by atoms with E-state index < -0.39 is 11.9 Å². The van der Waals surface area contributed by atoms with Gasteiger partial charge in [-0.2, -0.15) is 0 Å². The summed E-state index contributed by atoms with van der Waals surface area (Å²) < 4.78 is 21.2. The van der Waals surface area contributed by atoms with Gasteiger partial charge in [0.05, 0.1) is 18.8 Å². The van der Waals surface area contributed by atoms with Gasteiger partial charge in [-0.15, -0.1) is 0 Å². The molecule has 0 radical (unpaired) electrons. The number of esters is 2. The molecule has 0 aliphatic rings. The smallest absolute Gasteiger partial charge is 0.355 e. The highest BCUT2D eigenvalue weighted by atomic mass is 16.6. The lowest BCUT2D eigenvalue weighted by Gasteiger charge is -2.09. The Bertz CT molecular complexity index is 779. The van der Waals surface area contributed by atoms with Gasteiger partial charge in [0.15, 0.2) is 0 Å². The largest absolute Gasteiger partial charge is 0.494 e. The van der Waals surface area contributed by atoms with Crippen LogP contribution in [-0.4, -0.2) is 43.4 Å². The van der Waals surface area contributed by atoms with Crippen molar-refractivity contribution in [1.82, 2.24) is 4.98 Å². The molecule has 27 heavy (non-hydrogen) atoms. The van der Waals surface area contributed by atoms with Gasteiger partial charge >= 0.3 is 11.9 Å². The maximum absolute atomic E-state index is 12.3. The molecule has 1 heterocycles.